The van der Waals surface area contributed by atoms with E-state index < -0.39 is 22.0 Å². The van der Waals surface area contributed by atoms with E-state index in [2.05, 4.69) is 26.1 Å². The van der Waals surface area contributed by atoms with Gasteiger partial charge in [0, 0.05) is 5.69 Å². The number of sulfonamides is 1. The van der Waals surface area contributed by atoms with Gasteiger partial charge in [-0.1, -0.05) is 57.2 Å². The standard InChI is InChI=1S/C26H28N2O4S/c1-18-9-8-10-20(15-18)27-25(29)24-17-28(33(30,31)21-11-6-5-7-12-21)22-16-19(26(2,3)4)13-14-23(22)32-24/h5-16,24H,17H2,1-4H3,(H,27,29)/t24-/m0/s1. The second-order valence-corrected chi connectivity index (χ2v) is 11.1. The van der Waals surface area contributed by atoms with Gasteiger partial charge in [0.25, 0.3) is 15.9 Å². The highest BCUT2D eigenvalue weighted by molar-refractivity contribution is 7.92. The first-order chi connectivity index (χ1) is 15.6. The van der Waals surface area contributed by atoms with E-state index in [4.69, 9.17) is 4.74 Å². The lowest BCUT2D eigenvalue weighted by Gasteiger charge is -2.36. The second-order valence-electron chi connectivity index (χ2n) is 9.25. The van der Waals surface area contributed by atoms with Crippen LogP contribution in [0.25, 0.3) is 0 Å². The summed E-state index contributed by atoms with van der Waals surface area (Å²) in [6.45, 7) is 7.99. The molecule has 3 aromatic rings. The van der Waals surface area contributed by atoms with Gasteiger partial charge < -0.3 is 10.1 Å². The van der Waals surface area contributed by atoms with E-state index >= 15 is 0 Å². The molecule has 3 aromatic carbocycles. The van der Waals surface area contributed by atoms with Crippen molar-refractivity contribution < 1.29 is 17.9 Å². The van der Waals surface area contributed by atoms with Gasteiger partial charge in [-0.05, 0) is 59.9 Å². The number of anilines is 2. The average molecular weight is 465 g/mol. The monoisotopic (exact) mass is 464 g/mol. The molecule has 1 atom stereocenters. The van der Waals surface area contributed by atoms with Crippen molar-refractivity contribution in [2.24, 2.45) is 0 Å². The molecule has 1 heterocycles. The summed E-state index contributed by atoms with van der Waals surface area (Å²) in [5, 5.41) is 2.85. The highest BCUT2D eigenvalue weighted by Gasteiger charge is 2.38. The molecule has 0 aliphatic carbocycles. The van der Waals surface area contributed by atoms with E-state index in [-0.39, 0.29) is 16.9 Å². The Hall–Kier alpha value is -3.32. The molecule has 4 rings (SSSR count). The number of hydrogen-bond acceptors (Lipinski definition) is 4. The molecular formula is C26H28N2O4S. The molecule has 7 heteroatoms. The van der Waals surface area contributed by atoms with Crippen molar-refractivity contribution in [1.29, 1.82) is 0 Å². The predicted molar refractivity (Wildman–Crippen MR) is 130 cm³/mol. The summed E-state index contributed by atoms with van der Waals surface area (Å²) in [4.78, 5) is 13.2. The molecule has 6 nitrogen and oxygen atoms in total. The summed E-state index contributed by atoms with van der Waals surface area (Å²) < 4.78 is 34.5. The molecule has 0 aromatic heterocycles. The van der Waals surface area contributed by atoms with E-state index in [1.807, 2.05) is 37.3 Å². The molecular weight excluding hydrogens is 436 g/mol. The van der Waals surface area contributed by atoms with Crippen LogP contribution >= 0.6 is 0 Å². The maximum absolute atomic E-state index is 13.6. The zero-order valence-electron chi connectivity index (χ0n) is 19.2. The van der Waals surface area contributed by atoms with Crippen LogP contribution in [0.3, 0.4) is 0 Å². The molecule has 33 heavy (non-hydrogen) atoms. The van der Waals surface area contributed by atoms with E-state index in [0.29, 0.717) is 17.1 Å². The van der Waals surface area contributed by atoms with Crippen LogP contribution < -0.4 is 14.4 Å². The number of carbonyl (C=O) groups is 1. The fourth-order valence-corrected chi connectivity index (χ4v) is 5.24. The largest absolute Gasteiger partial charge is 0.476 e. The van der Waals surface area contributed by atoms with E-state index in [9.17, 15) is 13.2 Å². The Labute approximate surface area is 195 Å². The Kier molecular flexibility index (Phi) is 5.93. The number of nitrogens with zero attached hydrogens (tertiary/aromatic N) is 1. The van der Waals surface area contributed by atoms with Crippen molar-refractivity contribution in [3.63, 3.8) is 0 Å². The van der Waals surface area contributed by atoms with Crippen molar-refractivity contribution in [2.45, 2.75) is 44.1 Å². The summed E-state index contributed by atoms with van der Waals surface area (Å²) in [6, 6.07) is 21.2. The number of fused-ring (bicyclic) bond motifs is 1. The van der Waals surface area contributed by atoms with Crippen LogP contribution in [0.1, 0.15) is 31.9 Å². The van der Waals surface area contributed by atoms with Crippen LogP contribution in [-0.4, -0.2) is 27.0 Å². The average Bonchev–Trinajstić information content (AvgIpc) is 2.78. The molecule has 0 fully saturated rings. The normalized spacial score (nSPS) is 16.0. The number of amides is 1. The van der Waals surface area contributed by atoms with Gasteiger partial charge in [-0.2, -0.15) is 0 Å². The Morgan fingerprint density at radius 2 is 1.73 bits per heavy atom. The van der Waals surface area contributed by atoms with Crippen LogP contribution in [-0.2, 0) is 20.2 Å². The fourth-order valence-electron chi connectivity index (χ4n) is 3.75. The van der Waals surface area contributed by atoms with Crippen LogP contribution in [0.4, 0.5) is 11.4 Å². The van der Waals surface area contributed by atoms with Gasteiger partial charge in [0.2, 0.25) is 0 Å². The highest BCUT2D eigenvalue weighted by atomic mass is 32.2. The minimum atomic E-state index is -3.91. The number of aryl methyl sites for hydroxylation is 1. The zero-order chi connectivity index (χ0) is 23.8. The predicted octanol–water partition coefficient (Wildman–Crippen LogP) is 4.89. The number of nitrogens with one attached hydrogen (secondary N) is 1. The maximum Gasteiger partial charge on any atom is 0.267 e. The SMILES string of the molecule is Cc1cccc(NC(=O)[C@@H]2CN(S(=O)(=O)c3ccccc3)c3cc(C(C)(C)C)ccc3O2)c1. The van der Waals surface area contributed by atoms with Gasteiger partial charge in [-0.3, -0.25) is 9.10 Å². The van der Waals surface area contributed by atoms with E-state index in [0.717, 1.165) is 11.1 Å². The summed E-state index contributed by atoms with van der Waals surface area (Å²) in [5.74, 6) is -0.0439. The van der Waals surface area contributed by atoms with Gasteiger partial charge in [-0.15, -0.1) is 0 Å². The molecule has 0 unspecified atom stereocenters. The van der Waals surface area contributed by atoms with Crippen LogP contribution in [0, 0.1) is 6.92 Å². The summed E-state index contributed by atoms with van der Waals surface area (Å²) in [6.07, 6.45) is -1.00. The van der Waals surface area contributed by atoms with Gasteiger partial charge in [0.1, 0.15) is 5.75 Å². The third kappa shape index (κ3) is 4.73. The van der Waals surface area contributed by atoms with Crippen molar-refractivity contribution >= 4 is 27.3 Å². The third-order valence-electron chi connectivity index (χ3n) is 5.60. The maximum atomic E-state index is 13.6. The van der Waals surface area contributed by atoms with E-state index in [1.165, 1.54) is 4.31 Å². The lowest BCUT2D eigenvalue weighted by Crippen LogP contribution is -2.49. The van der Waals surface area contributed by atoms with Crippen LogP contribution in [0.2, 0.25) is 0 Å². The lowest BCUT2D eigenvalue weighted by molar-refractivity contribution is -0.122. The first-order valence-corrected chi connectivity index (χ1v) is 12.3. The molecule has 0 saturated heterocycles. The number of benzene rings is 3. The van der Waals surface area contributed by atoms with Crippen molar-refractivity contribution in [3.05, 3.63) is 83.9 Å². The van der Waals surface area contributed by atoms with Gasteiger partial charge in [0.15, 0.2) is 6.10 Å². The first-order valence-electron chi connectivity index (χ1n) is 10.8. The Balaban J connectivity index is 1.74. The minimum absolute atomic E-state index is 0.129. The molecule has 0 spiro atoms. The first kappa shape index (κ1) is 22.9. The Bertz CT molecular complexity index is 1280. The number of hydrogen-bond donors (Lipinski definition) is 1. The molecule has 0 saturated carbocycles. The van der Waals surface area contributed by atoms with Crippen molar-refractivity contribution in [2.75, 3.05) is 16.2 Å². The number of ether oxygens (including phenoxy) is 1. The van der Waals surface area contributed by atoms with Crippen molar-refractivity contribution in [1.82, 2.24) is 0 Å². The number of carbonyl (C=O) groups excluding carboxylic acids is 1. The lowest BCUT2D eigenvalue weighted by atomic mass is 9.86. The molecule has 1 amide bonds. The zero-order valence-corrected chi connectivity index (χ0v) is 20.0. The second kappa shape index (κ2) is 8.56. The van der Waals surface area contributed by atoms with Crippen LogP contribution in [0.15, 0.2) is 77.7 Å². The highest BCUT2D eigenvalue weighted by Crippen LogP contribution is 2.40. The molecule has 1 aliphatic heterocycles. The van der Waals surface area contributed by atoms with Gasteiger partial charge in [0.05, 0.1) is 17.1 Å². The summed E-state index contributed by atoms with van der Waals surface area (Å²) in [7, 11) is -3.91. The number of rotatable bonds is 4. The smallest absolute Gasteiger partial charge is 0.267 e. The van der Waals surface area contributed by atoms with Gasteiger partial charge >= 0.3 is 0 Å². The topological polar surface area (TPSA) is 75.7 Å². The Morgan fingerprint density at radius 3 is 2.39 bits per heavy atom. The summed E-state index contributed by atoms with van der Waals surface area (Å²) in [5.41, 5.74) is 2.86. The third-order valence-corrected chi connectivity index (χ3v) is 7.40. The minimum Gasteiger partial charge on any atom is -0.476 e. The molecule has 0 radical (unpaired) electrons. The van der Waals surface area contributed by atoms with Crippen LogP contribution in [0.5, 0.6) is 5.75 Å². The quantitative estimate of drug-likeness (QED) is 0.597. The molecule has 172 valence electrons. The molecule has 0 bridgehead atoms. The van der Waals surface area contributed by atoms with E-state index in [1.54, 1.807) is 42.5 Å². The molecule has 1 N–H and O–H groups in total. The van der Waals surface area contributed by atoms with Gasteiger partial charge in [-0.25, -0.2) is 8.42 Å². The fraction of sp³-hybridized carbons (Fsp3) is 0.269. The Morgan fingerprint density at radius 1 is 1.00 bits per heavy atom. The summed E-state index contributed by atoms with van der Waals surface area (Å²) >= 11 is 0. The molecule has 1 aliphatic rings. The van der Waals surface area contributed by atoms with Crippen molar-refractivity contribution in [3.8, 4) is 5.75 Å².